The first-order valence-electron chi connectivity index (χ1n) is 6.01. The summed E-state index contributed by atoms with van der Waals surface area (Å²) >= 11 is 0. The molecular formula is C12H25NO. The van der Waals surface area contributed by atoms with Crippen molar-refractivity contribution in [3.63, 3.8) is 0 Å². The predicted octanol–water partition coefficient (Wildman–Crippen LogP) is 3.12. The Morgan fingerprint density at radius 2 is 1.64 bits per heavy atom. The summed E-state index contributed by atoms with van der Waals surface area (Å²) in [5, 5.41) is 3.01. The topological polar surface area (TPSA) is 29.1 Å². The van der Waals surface area contributed by atoms with Crippen LogP contribution < -0.4 is 5.32 Å². The SMILES string of the molecule is CCCC(=O)NCC(CCC)CCC. The van der Waals surface area contributed by atoms with Gasteiger partial charge in [-0.1, -0.05) is 33.6 Å². The molecule has 1 amide bonds. The van der Waals surface area contributed by atoms with Gasteiger partial charge in [-0.2, -0.15) is 0 Å². The number of carbonyl (C=O) groups is 1. The van der Waals surface area contributed by atoms with Crippen LogP contribution in [-0.4, -0.2) is 12.5 Å². The molecule has 1 N–H and O–H groups in total. The minimum absolute atomic E-state index is 0.213. The highest BCUT2D eigenvalue weighted by atomic mass is 16.1. The van der Waals surface area contributed by atoms with Gasteiger partial charge in [-0.3, -0.25) is 4.79 Å². The molecule has 0 fully saturated rings. The summed E-state index contributed by atoms with van der Waals surface area (Å²) in [5.41, 5.74) is 0. The number of nitrogens with one attached hydrogen (secondary N) is 1. The molecule has 0 spiro atoms. The van der Waals surface area contributed by atoms with Crippen LogP contribution >= 0.6 is 0 Å². The van der Waals surface area contributed by atoms with Gasteiger partial charge in [-0.15, -0.1) is 0 Å². The molecule has 0 aromatic rings. The summed E-state index contributed by atoms with van der Waals surface area (Å²) in [5.74, 6) is 0.899. The summed E-state index contributed by atoms with van der Waals surface area (Å²) in [6.45, 7) is 7.32. The van der Waals surface area contributed by atoms with Gasteiger partial charge in [-0.25, -0.2) is 0 Å². The normalized spacial score (nSPS) is 10.6. The molecule has 0 unspecified atom stereocenters. The molecule has 0 atom stereocenters. The van der Waals surface area contributed by atoms with E-state index in [1.807, 2.05) is 6.92 Å². The minimum Gasteiger partial charge on any atom is -0.356 e. The Hall–Kier alpha value is -0.530. The van der Waals surface area contributed by atoms with E-state index < -0.39 is 0 Å². The Balaban J connectivity index is 3.63. The summed E-state index contributed by atoms with van der Waals surface area (Å²) in [7, 11) is 0. The molecule has 0 bridgehead atoms. The van der Waals surface area contributed by atoms with E-state index in [9.17, 15) is 4.79 Å². The molecule has 0 rings (SSSR count). The lowest BCUT2D eigenvalue weighted by Gasteiger charge is -2.15. The zero-order valence-corrected chi connectivity index (χ0v) is 9.94. The van der Waals surface area contributed by atoms with Gasteiger partial charge in [0.05, 0.1) is 0 Å². The number of rotatable bonds is 8. The Morgan fingerprint density at radius 1 is 1.07 bits per heavy atom. The number of amides is 1. The van der Waals surface area contributed by atoms with Gasteiger partial charge < -0.3 is 5.32 Å². The van der Waals surface area contributed by atoms with E-state index in [4.69, 9.17) is 0 Å². The molecule has 84 valence electrons. The van der Waals surface area contributed by atoms with Crippen LogP contribution in [0.4, 0.5) is 0 Å². The van der Waals surface area contributed by atoms with Crippen LogP contribution in [-0.2, 0) is 4.79 Å². The largest absolute Gasteiger partial charge is 0.356 e. The smallest absolute Gasteiger partial charge is 0.219 e. The summed E-state index contributed by atoms with van der Waals surface area (Å²) in [4.78, 5) is 11.2. The second-order valence-corrected chi connectivity index (χ2v) is 4.00. The monoisotopic (exact) mass is 199 g/mol. The molecule has 2 heteroatoms. The Morgan fingerprint density at radius 3 is 2.07 bits per heavy atom. The Kier molecular flexibility index (Phi) is 8.70. The number of hydrogen-bond acceptors (Lipinski definition) is 1. The number of hydrogen-bond donors (Lipinski definition) is 1. The van der Waals surface area contributed by atoms with Crippen molar-refractivity contribution in [3.8, 4) is 0 Å². The second kappa shape index (κ2) is 9.04. The molecule has 0 saturated heterocycles. The van der Waals surface area contributed by atoms with Crippen molar-refractivity contribution in [1.82, 2.24) is 5.32 Å². The zero-order chi connectivity index (χ0) is 10.8. The molecule has 0 saturated carbocycles. The molecule has 0 aliphatic carbocycles. The van der Waals surface area contributed by atoms with Crippen LogP contribution in [0.2, 0.25) is 0 Å². The van der Waals surface area contributed by atoms with Crippen LogP contribution in [0.3, 0.4) is 0 Å². The third kappa shape index (κ3) is 6.93. The first-order chi connectivity index (χ1) is 6.74. The van der Waals surface area contributed by atoms with Crippen molar-refractivity contribution < 1.29 is 4.79 Å². The second-order valence-electron chi connectivity index (χ2n) is 4.00. The van der Waals surface area contributed by atoms with Gasteiger partial charge in [0.25, 0.3) is 0 Å². The molecule has 14 heavy (non-hydrogen) atoms. The van der Waals surface area contributed by atoms with E-state index in [1.54, 1.807) is 0 Å². The standard InChI is InChI=1S/C12H25NO/c1-4-7-11(8-5-2)10-13-12(14)9-6-3/h11H,4-10H2,1-3H3,(H,13,14). The first-order valence-corrected chi connectivity index (χ1v) is 6.01. The van der Waals surface area contributed by atoms with Crippen molar-refractivity contribution >= 4 is 5.91 Å². The van der Waals surface area contributed by atoms with E-state index in [0.29, 0.717) is 12.3 Å². The Bertz CT molecular complexity index is 139. The average molecular weight is 199 g/mol. The van der Waals surface area contributed by atoms with E-state index in [0.717, 1.165) is 13.0 Å². The van der Waals surface area contributed by atoms with Crippen LogP contribution in [0, 0.1) is 5.92 Å². The van der Waals surface area contributed by atoms with Gasteiger partial charge in [0.2, 0.25) is 5.91 Å². The fraction of sp³-hybridized carbons (Fsp3) is 0.917. The Labute approximate surface area is 88.5 Å². The van der Waals surface area contributed by atoms with Gasteiger partial charge in [-0.05, 0) is 25.2 Å². The quantitative estimate of drug-likeness (QED) is 0.639. The molecule has 2 nitrogen and oxygen atoms in total. The van der Waals surface area contributed by atoms with E-state index in [-0.39, 0.29) is 5.91 Å². The van der Waals surface area contributed by atoms with Crippen molar-refractivity contribution in [2.75, 3.05) is 6.54 Å². The third-order valence-corrected chi connectivity index (χ3v) is 2.46. The lowest BCUT2D eigenvalue weighted by Crippen LogP contribution is -2.28. The molecule has 0 aliphatic heterocycles. The van der Waals surface area contributed by atoms with E-state index in [2.05, 4.69) is 19.2 Å². The molecule has 0 aliphatic rings. The number of carbonyl (C=O) groups excluding carboxylic acids is 1. The fourth-order valence-corrected chi connectivity index (χ4v) is 1.74. The first kappa shape index (κ1) is 13.5. The van der Waals surface area contributed by atoms with Crippen molar-refractivity contribution in [1.29, 1.82) is 0 Å². The van der Waals surface area contributed by atoms with E-state index in [1.165, 1.54) is 25.7 Å². The van der Waals surface area contributed by atoms with Crippen molar-refractivity contribution in [3.05, 3.63) is 0 Å². The minimum atomic E-state index is 0.213. The van der Waals surface area contributed by atoms with Crippen LogP contribution in [0.1, 0.15) is 59.3 Å². The average Bonchev–Trinajstić information content (AvgIpc) is 2.15. The van der Waals surface area contributed by atoms with Crippen LogP contribution in [0.15, 0.2) is 0 Å². The highest BCUT2D eigenvalue weighted by Gasteiger charge is 2.07. The maximum atomic E-state index is 11.2. The van der Waals surface area contributed by atoms with Crippen molar-refractivity contribution in [2.24, 2.45) is 5.92 Å². The lowest BCUT2D eigenvalue weighted by atomic mass is 9.98. The fourth-order valence-electron chi connectivity index (χ4n) is 1.74. The highest BCUT2D eigenvalue weighted by Crippen LogP contribution is 2.12. The summed E-state index contributed by atoms with van der Waals surface area (Å²) in [6, 6.07) is 0. The van der Waals surface area contributed by atoms with Crippen molar-refractivity contribution in [2.45, 2.75) is 59.3 Å². The molecule has 0 radical (unpaired) electrons. The third-order valence-electron chi connectivity index (χ3n) is 2.46. The van der Waals surface area contributed by atoms with Crippen LogP contribution in [0.5, 0.6) is 0 Å². The summed E-state index contributed by atoms with van der Waals surface area (Å²) in [6.07, 6.45) is 6.52. The maximum Gasteiger partial charge on any atom is 0.219 e. The molecule has 0 aromatic carbocycles. The molecule has 0 heterocycles. The molecule has 0 aromatic heterocycles. The predicted molar refractivity (Wildman–Crippen MR) is 61.2 cm³/mol. The van der Waals surface area contributed by atoms with Gasteiger partial charge in [0.1, 0.15) is 0 Å². The van der Waals surface area contributed by atoms with Gasteiger partial charge >= 0.3 is 0 Å². The zero-order valence-electron chi connectivity index (χ0n) is 9.94. The molecular weight excluding hydrogens is 174 g/mol. The lowest BCUT2D eigenvalue weighted by molar-refractivity contribution is -0.121. The highest BCUT2D eigenvalue weighted by molar-refractivity contribution is 5.75. The van der Waals surface area contributed by atoms with Gasteiger partial charge in [0, 0.05) is 13.0 Å². The maximum absolute atomic E-state index is 11.2. The van der Waals surface area contributed by atoms with E-state index >= 15 is 0 Å². The van der Waals surface area contributed by atoms with Crippen LogP contribution in [0.25, 0.3) is 0 Å². The summed E-state index contributed by atoms with van der Waals surface area (Å²) < 4.78 is 0. The van der Waals surface area contributed by atoms with Gasteiger partial charge in [0.15, 0.2) is 0 Å².